The zero-order valence-electron chi connectivity index (χ0n) is 4.80. The molecule has 0 aliphatic rings. The molecule has 0 aromatic carbocycles. The van der Waals surface area contributed by atoms with E-state index in [0.717, 1.165) is 8.79 Å². The van der Waals surface area contributed by atoms with Gasteiger partial charge in [0.1, 0.15) is 0 Å². The number of nitrogens with zero attached hydrogens (tertiary/aromatic N) is 1. The molecule has 0 amide bonds. The van der Waals surface area contributed by atoms with Crippen molar-refractivity contribution in [2.75, 3.05) is 0 Å². The lowest BCUT2D eigenvalue weighted by molar-refractivity contribution is -0.111. The summed E-state index contributed by atoms with van der Waals surface area (Å²) in [5.41, 5.74) is 0. The molecule has 1 heterocycles. The monoisotopic (exact) mass is 239 g/mol. The van der Waals surface area contributed by atoms with Crippen LogP contribution in [0.25, 0.3) is 0 Å². The summed E-state index contributed by atoms with van der Waals surface area (Å²) < 4.78 is 0.778. The largest absolute Gasteiger partial charge is 0.281 e. The molecule has 0 aliphatic heterocycles. The van der Waals surface area contributed by atoms with Gasteiger partial charge in [0, 0.05) is 11.1 Å². The first-order valence-corrected chi connectivity index (χ1v) is 4.46. The van der Waals surface area contributed by atoms with Gasteiger partial charge in [-0.15, -0.1) is 11.3 Å². The Kier molecular flexibility index (Phi) is 2.82. The van der Waals surface area contributed by atoms with Crippen molar-refractivity contribution >= 4 is 44.1 Å². The van der Waals surface area contributed by atoms with Crippen LogP contribution in [0.15, 0.2) is 10.1 Å². The van der Waals surface area contributed by atoms with E-state index in [-0.39, 0.29) is 11.7 Å². The lowest BCUT2D eigenvalue weighted by Crippen LogP contribution is -1.88. The second kappa shape index (κ2) is 3.46. The van der Waals surface area contributed by atoms with Gasteiger partial charge >= 0.3 is 0 Å². The number of carbonyl (C=O) groups excluding carboxylic acids is 1. The van der Waals surface area contributed by atoms with Crippen LogP contribution in [0.1, 0.15) is 4.88 Å². The van der Waals surface area contributed by atoms with Crippen molar-refractivity contribution in [3.05, 3.63) is 15.0 Å². The molecule has 0 aliphatic carbocycles. The van der Waals surface area contributed by atoms with Crippen LogP contribution in [0.5, 0.6) is 0 Å². The fourth-order valence-electron chi connectivity index (χ4n) is 0.502. The van der Waals surface area contributed by atoms with Gasteiger partial charge in [-0.2, -0.15) is 0 Å². The van der Waals surface area contributed by atoms with Gasteiger partial charge in [0.15, 0.2) is 3.92 Å². The number of halogens is 2. The van der Waals surface area contributed by atoms with E-state index < -0.39 is 0 Å². The predicted molar refractivity (Wildman–Crippen MR) is 44.4 cm³/mol. The Labute approximate surface area is 75.4 Å². The molecule has 0 N–H and O–H groups in total. The van der Waals surface area contributed by atoms with Crippen molar-refractivity contribution in [1.29, 1.82) is 0 Å². The highest BCUT2D eigenvalue weighted by Gasteiger charge is 2.02. The molecule has 10 heavy (non-hydrogen) atoms. The van der Waals surface area contributed by atoms with E-state index in [2.05, 4.69) is 20.9 Å². The number of aromatic nitrogens is 1. The third kappa shape index (κ3) is 2.36. The Morgan fingerprint density at radius 3 is 3.00 bits per heavy atom. The maximum absolute atomic E-state index is 10.4. The molecule has 54 valence electrons. The zero-order valence-corrected chi connectivity index (χ0v) is 7.96. The predicted octanol–water partition coefficient (Wildman–Crippen LogP) is 2.21. The minimum absolute atomic E-state index is 0.269. The first kappa shape index (κ1) is 8.17. The van der Waals surface area contributed by atoms with Crippen LogP contribution in [0.3, 0.4) is 0 Å². The minimum atomic E-state index is -0.351. The third-order valence-electron chi connectivity index (χ3n) is 0.839. The number of hydrogen-bond acceptors (Lipinski definition) is 3. The smallest absolute Gasteiger partial charge is 0.226 e. The van der Waals surface area contributed by atoms with E-state index in [1.54, 1.807) is 6.20 Å². The number of carbonyl (C=O) groups is 1. The van der Waals surface area contributed by atoms with Gasteiger partial charge in [0.05, 0.1) is 6.42 Å². The molecular formula is C5H3BrClNOS. The second-order valence-electron chi connectivity index (χ2n) is 1.61. The fourth-order valence-corrected chi connectivity index (χ4v) is 2.08. The first-order valence-electron chi connectivity index (χ1n) is 2.47. The molecule has 0 fully saturated rings. The van der Waals surface area contributed by atoms with Crippen LogP contribution < -0.4 is 0 Å². The fraction of sp³-hybridized carbons (Fsp3) is 0.200. The van der Waals surface area contributed by atoms with Crippen molar-refractivity contribution in [1.82, 2.24) is 4.98 Å². The molecule has 0 atom stereocenters. The van der Waals surface area contributed by atoms with Crippen molar-refractivity contribution < 1.29 is 4.79 Å². The van der Waals surface area contributed by atoms with Gasteiger partial charge in [-0.25, -0.2) is 4.98 Å². The molecule has 0 bridgehead atoms. The van der Waals surface area contributed by atoms with Gasteiger partial charge in [0.2, 0.25) is 5.24 Å². The normalized spacial score (nSPS) is 9.80. The van der Waals surface area contributed by atoms with E-state index in [0.29, 0.717) is 0 Å². The topological polar surface area (TPSA) is 30.0 Å². The summed E-state index contributed by atoms with van der Waals surface area (Å²) in [6, 6.07) is 0. The van der Waals surface area contributed by atoms with Crippen LogP contribution in [0.4, 0.5) is 0 Å². The van der Waals surface area contributed by atoms with Crippen molar-refractivity contribution in [2.45, 2.75) is 6.42 Å². The molecule has 0 saturated heterocycles. The van der Waals surface area contributed by atoms with Crippen LogP contribution in [-0.4, -0.2) is 10.2 Å². The standard InChI is InChI=1S/C5H3BrClNOS/c6-5-8-2-3(10-5)1-4(7)9/h2H,1H2. The molecule has 0 radical (unpaired) electrons. The van der Waals surface area contributed by atoms with Crippen LogP contribution in [-0.2, 0) is 11.2 Å². The second-order valence-corrected chi connectivity index (χ2v) is 4.42. The molecule has 5 heteroatoms. The van der Waals surface area contributed by atoms with Crippen molar-refractivity contribution in [3.8, 4) is 0 Å². The van der Waals surface area contributed by atoms with Gasteiger partial charge in [-0.3, -0.25) is 4.79 Å². The third-order valence-corrected chi connectivity index (χ3v) is 2.45. The van der Waals surface area contributed by atoms with Crippen molar-refractivity contribution in [3.63, 3.8) is 0 Å². The summed E-state index contributed by atoms with van der Waals surface area (Å²) >= 11 is 9.74. The quantitative estimate of drug-likeness (QED) is 0.742. The van der Waals surface area contributed by atoms with E-state index in [1.165, 1.54) is 11.3 Å². The van der Waals surface area contributed by atoms with Gasteiger partial charge in [-0.05, 0) is 27.5 Å². The van der Waals surface area contributed by atoms with E-state index >= 15 is 0 Å². The average molecular weight is 241 g/mol. The molecule has 1 aromatic rings. The Hall–Kier alpha value is 0.0700. The minimum Gasteiger partial charge on any atom is -0.281 e. The molecule has 1 rings (SSSR count). The highest BCUT2D eigenvalue weighted by Crippen LogP contribution is 2.19. The summed E-state index contributed by atoms with van der Waals surface area (Å²) in [6.45, 7) is 0. The molecular weight excluding hydrogens is 237 g/mol. The first-order chi connectivity index (χ1) is 4.68. The molecule has 2 nitrogen and oxygen atoms in total. The van der Waals surface area contributed by atoms with E-state index in [4.69, 9.17) is 11.6 Å². The SMILES string of the molecule is O=C(Cl)Cc1cnc(Br)s1. The maximum Gasteiger partial charge on any atom is 0.226 e. The van der Waals surface area contributed by atoms with Gasteiger partial charge in [0.25, 0.3) is 0 Å². The Bertz CT molecular complexity index is 250. The average Bonchev–Trinajstić information content (AvgIpc) is 2.13. The van der Waals surface area contributed by atoms with Crippen LogP contribution >= 0.6 is 38.9 Å². The lowest BCUT2D eigenvalue weighted by Gasteiger charge is -1.83. The summed E-state index contributed by atoms with van der Waals surface area (Å²) in [4.78, 5) is 15.1. The number of hydrogen-bond donors (Lipinski definition) is 0. The summed E-state index contributed by atoms with van der Waals surface area (Å²) in [5, 5.41) is -0.351. The van der Waals surface area contributed by atoms with Gasteiger partial charge in [-0.1, -0.05) is 0 Å². The Morgan fingerprint density at radius 2 is 2.60 bits per heavy atom. The lowest BCUT2D eigenvalue weighted by atomic mass is 10.4. The molecule has 1 aromatic heterocycles. The zero-order chi connectivity index (χ0) is 7.56. The summed E-state index contributed by atoms with van der Waals surface area (Å²) in [6.07, 6.45) is 1.90. The number of rotatable bonds is 2. The highest BCUT2D eigenvalue weighted by molar-refractivity contribution is 9.11. The van der Waals surface area contributed by atoms with Gasteiger partial charge < -0.3 is 0 Å². The van der Waals surface area contributed by atoms with Crippen LogP contribution in [0, 0.1) is 0 Å². The van der Waals surface area contributed by atoms with Crippen molar-refractivity contribution in [2.24, 2.45) is 0 Å². The maximum atomic E-state index is 10.4. The number of thiazole rings is 1. The van der Waals surface area contributed by atoms with E-state index in [9.17, 15) is 4.79 Å². The van der Waals surface area contributed by atoms with E-state index in [1.807, 2.05) is 0 Å². The summed E-state index contributed by atoms with van der Waals surface area (Å²) in [7, 11) is 0. The molecule has 0 spiro atoms. The molecule has 0 unspecified atom stereocenters. The molecule has 0 saturated carbocycles. The summed E-state index contributed by atoms with van der Waals surface area (Å²) in [5.74, 6) is 0. The highest BCUT2D eigenvalue weighted by atomic mass is 79.9. The Morgan fingerprint density at radius 1 is 1.90 bits per heavy atom. The Balaban J connectivity index is 2.67. The van der Waals surface area contributed by atoms with Crippen LogP contribution in [0.2, 0.25) is 0 Å².